The Hall–Kier alpha value is -1.89. The first kappa shape index (κ1) is 13.1. The molecule has 20 heavy (non-hydrogen) atoms. The summed E-state index contributed by atoms with van der Waals surface area (Å²) in [6, 6.07) is 1.77. The topological polar surface area (TPSA) is 80.7 Å². The van der Waals surface area contributed by atoms with Crippen LogP contribution in [0, 0.1) is 0 Å². The van der Waals surface area contributed by atoms with Gasteiger partial charge in [0.2, 0.25) is 5.01 Å². The fourth-order valence-corrected chi connectivity index (χ4v) is 2.91. The molecule has 6 nitrogen and oxygen atoms in total. The molecule has 1 saturated carbocycles. The van der Waals surface area contributed by atoms with Crippen LogP contribution in [-0.4, -0.2) is 26.1 Å². The van der Waals surface area contributed by atoms with Gasteiger partial charge in [0.25, 0.3) is 5.91 Å². The Bertz CT molecular complexity index is 608. The highest BCUT2D eigenvalue weighted by atomic mass is 32.1. The maximum atomic E-state index is 12.3. The lowest BCUT2D eigenvalue weighted by Gasteiger charge is -2.40. The molecule has 0 saturated heterocycles. The summed E-state index contributed by atoms with van der Waals surface area (Å²) < 4.78 is 0. The van der Waals surface area contributed by atoms with Crippen LogP contribution in [0.5, 0.6) is 0 Å². The molecule has 0 atom stereocenters. The standard InChI is InChI=1S/C13H15N5OS/c1-2-9-17-18-11(20-9)10(19)16-13(5-3-6-13)12-14-7-4-8-15-12/h4,7-8H,2-3,5-6H2,1H3,(H,16,19). The number of carbonyl (C=O) groups excluding carboxylic acids is 1. The summed E-state index contributed by atoms with van der Waals surface area (Å²) in [6.45, 7) is 1.99. The molecule has 0 unspecified atom stereocenters. The predicted molar refractivity (Wildman–Crippen MR) is 74.3 cm³/mol. The van der Waals surface area contributed by atoms with E-state index in [9.17, 15) is 4.79 Å². The number of aromatic nitrogens is 4. The molecule has 7 heteroatoms. The molecule has 0 aliphatic heterocycles. The fourth-order valence-electron chi connectivity index (χ4n) is 2.24. The van der Waals surface area contributed by atoms with Crippen molar-refractivity contribution in [3.63, 3.8) is 0 Å². The number of amides is 1. The zero-order valence-electron chi connectivity index (χ0n) is 11.2. The van der Waals surface area contributed by atoms with Gasteiger partial charge in [-0.15, -0.1) is 10.2 Å². The van der Waals surface area contributed by atoms with Gasteiger partial charge in [-0.1, -0.05) is 18.3 Å². The third-order valence-electron chi connectivity index (χ3n) is 3.52. The van der Waals surface area contributed by atoms with E-state index in [2.05, 4.69) is 25.5 Å². The summed E-state index contributed by atoms with van der Waals surface area (Å²) in [5, 5.41) is 12.2. The van der Waals surface area contributed by atoms with Crippen molar-refractivity contribution in [3.8, 4) is 0 Å². The summed E-state index contributed by atoms with van der Waals surface area (Å²) in [7, 11) is 0. The number of hydrogen-bond acceptors (Lipinski definition) is 6. The van der Waals surface area contributed by atoms with Crippen LogP contribution in [0.1, 0.15) is 46.8 Å². The highest BCUT2D eigenvalue weighted by Gasteiger charge is 2.43. The van der Waals surface area contributed by atoms with E-state index in [1.165, 1.54) is 11.3 Å². The average Bonchev–Trinajstić information content (AvgIpc) is 2.92. The summed E-state index contributed by atoms with van der Waals surface area (Å²) >= 11 is 1.34. The predicted octanol–water partition coefficient (Wildman–Crippen LogP) is 1.70. The lowest BCUT2D eigenvalue weighted by atomic mass is 9.76. The number of carbonyl (C=O) groups is 1. The van der Waals surface area contributed by atoms with Gasteiger partial charge in [0.15, 0.2) is 5.82 Å². The van der Waals surface area contributed by atoms with Crippen LogP contribution in [0.15, 0.2) is 18.5 Å². The van der Waals surface area contributed by atoms with Crippen LogP contribution < -0.4 is 5.32 Å². The smallest absolute Gasteiger partial charge is 0.283 e. The van der Waals surface area contributed by atoms with Crippen molar-refractivity contribution in [1.29, 1.82) is 0 Å². The van der Waals surface area contributed by atoms with Crippen LogP contribution in [0.25, 0.3) is 0 Å². The minimum absolute atomic E-state index is 0.186. The molecule has 1 fully saturated rings. The first-order valence-corrected chi connectivity index (χ1v) is 7.47. The molecule has 2 aromatic heterocycles. The maximum absolute atomic E-state index is 12.3. The summed E-state index contributed by atoms with van der Waals surface area (Å²) in [6.07, 6.45) is 6.99. The van der Waals surface area contributed by atoms with E-state index in [0.29, 0.717) is 10.8 Å². The van der Waals surface area contributed by atoms with Crippen LogP contribution in [0.2, 0.25) is 0 Å². The van der Waals surface area contributed by atoms with Crippen molar-refractivity contribution < 1.29 is 4.79 Å². The third kappa shape index (κ3) is 2.29. The second-order valence-corrected chi connectivity index (χ2v) is 5.88. The molecular formula is C13H15N5OS. The molecule has 1 N–H and O–H groups in total. The monoisotopic (exact) mass is 289 g/mol. The largest absolute Gasteiger partial charge is 0.337 e. The summed E-state index contributed by atoms with van der Waals surface area (Å²) in [5.41, 5.74) is -0.434. The molecule has 0 aromatic carbocycles. The zero-order valence-corrected chi connectivity index (χ0v) is 12.0. The number of rotatable bonds is 4. The minimum Gasteiger partial charge on any atom is -0.337 e. The van der Waals surface area contributed by atoms with Crippen molar-refractivity contribution in [2.75, 3.05) is 0 Å². The molecule has 2 heterocycles. The minimum atomic E-state index is -0.434. The van der Waals surface area contributed by atoms with Gasteiger partial charge in [-0.05, 0) is 31.7 Å². The van der Waals surface area contributed by atoms with E-state index in [-0.39, 0.29) is 5.91 Å². The molecule has 1 aliphatic rings. The Labute approximate surface area is 120 Å². The lowest BCUT2D eigenvalue weighted by Crippen LogP contribution is -2.51. The van der Waals surface area contributed by atoms with Crippen molar-refractivity contribution >= 4 is 17.2 Å². The Morgan fingerprint density at radius 3 is 2.65 bits per heavy atom. The SMILES string of the molecule is CCc1nnc(C(=O)NC2(c3ncccn3)CCC2)s1. The second-order valence-electron chi connectivity index (χ2n) is 4.82. The molecule has 1 amide bonds. The van der Waals surface area contributed by atoms with Crippen molar-refractivity contribution in [2.24, 2.45) is 0 Å². The van der Waals surface area contributed by atoms with Gasteiger partial charge in [0, 0.05) is 12.4 Å². The van der Waals surface area contributed by atoms with E-state index in [0.717, 1.165) is 30.7 Å². The van der Waals surface area contributed by atoms with E-state index in [1.807, 2.05) is 6.92 Å². The van der Waals surface area contributed by atoms with Gasteiger partial charge in [0.1, 0.15) is 10.5 Å². The molecule has 1 aliphatic carbocycles. The van der Waals surface area contributed by atoms with Crippen molar-refractivity contribution in [3.05, 3.63) is 34.3 Å². The molecule has 0 radical (unpaired) electrons. The van der Waals surface area contributed by atoms with Crippen LogP contribution in [0.4, 0.5) is 0 Å². The van der Waals surface area contributed by atoms with E-state index in [4.69, 9.17) is 0 Å². The second kappa shape index (κ2) is 5.24. The van der Waals surface area contributed by atoms with Crippen LogP contribution in [0.3, 0.4) is 0 Å². The first-order valence-electron chi connectivity index (χ1n) is 6.66. The lowest BCUT2D eigenvalue weighted by molar-refractivity contribution is 0.0808. The Balaban J connectivity index is 1.80. The van der Waals surface area contributed by atoms with E-state index in [1.54, 1.807) is 18.5 Å². The highest BCUT2D eigenvalue weighted by molar-refractivity contribution is 7.13. The molecule has 2 aromatic rings. The van der Waals surface area contributed by atoms with Gasteiger partial charge >= 0.3 is 0 Å². The number of nitrogens with zero attached hydrogens (tertiary/aromatic N) is 4. The number of hydrogen-bond donors (Lipinski definition) is 1. The molecule has 0 spiro atoms. The highest BCUT2D eigenvalue weighted by Crippen LogP contribution is 2.39. The van der Waals surface area contributed by atoms with Crippen LogP contribution in [-0.2, 0) is 12.0 Å². The third-order valence-corrected chi connectivity index (χ3v) is 4.58. The van der Waals surface area contributed by atoms with Gasteiger partial charge in [-0.3, -0.25) is 4.79 Å². The van der Waals surface area contributed by atoms with Crippen LogP contribution >= 0.6 is 11.3 Å². The molecular weight excluding hydrogens is 274 g/mol. The zero-order chi connectivity index (χ0) is 14.0. The Morgan fingerprint density at radius 1 is 1.35 bits per heavy atom. The van der Waals surface area contributed by atoms with Gasteiger partial charge in [0.05, 0.1) is 0 Å². The molecule has 3 rings (SSSR count). The Kier molecular flexibility index (Phi) is 3.43. The van der Waals surface area contributed by atoms with Crippen molar-refractivity contribution in [1.82, 2.24) is 25.5 Å². The molecule has 0 bridgehead atoms. The number of aryl methyl sites for hydroxylation is 1. The van der Waals surface area contributed by atoms with E-state index < -0.39 is 5.54 Å². The van der Waals surface area contributed by atoms with Gasteiger partial charge in [-0.2, -0.15) is 0 Å². The Morgan fingerprint density at radius 2 is 2.10 bits per heavy atom. The normalized spacial score (nSPS) is 16.4. The van der Waals surface area contributed by atoms with Crippen molar-refractivity contribution in [2.45, 2.75) is 38.1 Å². The number of nitrogens with one attached hydrogen (secondary N) is 1. The average molecular weight is 289 g/mol. The first-order chi connectivity index (χ1) is 9.73. The molecule has 104 valence electrons. The summed E-state index contributed by atoms with van der Waals surface area (Å²) in [4.78, 5) is 20.9. The summed E-state index contributed by atoms with van der Waals surface area (Å²) in [5.74, 6) is 0.495. The van der Waals surface area contributed by atoms with Gasteiger partial charge < -0.3 is 5.32 Å². The van der Waals surface area contributed by atoms with E-state index >= 15 is 0 Å². The maximum Gasteiger partial charge on any atom is 0.283 e. The fraction of sp³-hybridized carbons (Fsp3) is 0.462. The van der Waals surface area contributed by atoms with Gasteiger partial charge in [-0.25, -0.2) is 9.97 Å². The quantitative estimate of drug-likeness (QED) is 0.926.